The number of rotatable bonds is 5. The van der Waals surface area contributed by atoms with Gasteiger partial charge in [0.2, 0.25) is 0 Å². The zero-order valence-electron chi connectivity index (χ0n) is 12.1. The highest BCUT2D eigenvalue weighted by molar-refractivity contribution is 6.31. The minimum Gasteiger partial charge on any atom is -0.451 e. The van der Waals surface area contributed by atoms with E-state index in [2.05, 4.69) is 19.2 Å². The fourth-order valence-corrected chi connectivity index (χ4v) is 2.48. The summed E-state index contributed by atoms with van der Waals surface area (Å²) in [5.41, 5.74) is 1.53. The Morgan fingerprint density at radius 1 is 1.35 bits per heavy atom. The Morgan fingerprint density at radius 2 is 2.05 bits per heavy atom. The normalized spacial score (nSPS) is 11.2. The average molecular weight is 294 g/mol. The van der Waals surface area contributed by atoms with Crippen molar-refractivity contribution in [1.82, 2.24) is 5.32 Å². The van der Waals surface area contributed by atoms with Crippen LogP contribution in [0, 0.1) is 12.8 Å². The molecule has 0 aliphatic carbocycles. The van der Waals surface area contributed by atoms with Gasteiger partial charge in [0.15, 0.2) is 5.76 Å². The number of carbonyl (C=O) groups excluding carboxylic acids is 1. The monoisotopic (exact) mass is 293 g/mol. The van der Waals surface area contributed by atoms with Crippen molar-refractivity contribution >= 4 is 28.5 Å². The van der Waals surface area contributed by atoms with Gasteiger partial charge < -0.3 is 9.73 Å². The molecule has 1 aromatic heterocycles. The molecule has 0 aliphatic rings. The van der Waals surface area contributed by atoms with Crippen molar-refractivity contribution in [2.75, 3.05) is 6.54 Å². The predicted octanol–water partition coefficient (Wildman–Crippen LogP) is 4.56. The van der Waals surface area contributed by atoms with Crippen molar-refractivity contribution in [2.24, 2.45) is 5.92 Å². The summed E-state index contributed by atoms with van der Waals surface area (Å²) in [6.07, 6.45) is 2.12. The molecule has 3 nitrogen and oxygen atoms in total. The maximum Gasteiger partial charge on any atom is 0.287 e. The SMILES string of the molecule is CCC(CC)CNC(=O)c1oc2ccc(Cl)cc2c1C. The van der Waals surface area contributed by atoms with Crippen LogP contribution in [0.1, 0.15) is 42.8 Å². The average Bonchev–Trinajstić information content (AvgIpc) is 2.77. The number of hydrogen-bond donors (Lipinski definition) is 1. The van der Waals surface area contributed by atoms with Gasteiger partial charge in [-0.05, 0) is 31.0 Å². The van der Waals surface area contributed by atoms with E-state index in [9.17, 15) is 4.79 Å². The second-order valence-electron chi connectivity index (χ2n) is 5.09. The van der Waals surface area contributed by atoms with Gasteiger partial charge in [0.25, 0.3) is 5.91 Å². The Morgan fingerprint density at radius 3 is 2.70 bits per heavy atom. The van der Waals surface area contributed by atoms with Crippen molar-refractivity contribution in [1.29, 1.82) is 0 Å². The minimum absolute atomic E-state index is 0.151. The van der Waals surface area contributed by atoms with Crippen molar-refractivity contribution < 1.29 is 9.21 Å². The predicted molar refractivity (Wildman–Crippen MR) is 82.4 cm³/mol. The molecule has 0 unspecified atom stereocenters. The lowest BCUT2D eigenvalue weighted by Crippen LogP contribution is -2.29. The van der Waals surface area contributed by atoms with Crippen molar-refractivity contribution in [3.63, 3.8) is 0 Å². The van der Waals surface area contributed by atoms with Crippen LogP contribution in [0.2, 0.25) is 5.02 Å². The lowest BCUT2D eigenvalue weighted by Gasteiger charge is -2.12. The second-order valence-corrected chi connectivity index (χ2v) is 5.53. The number of hydrogen-bond acceptors (Lipinski definition) is 2. The van der Waals surface area contributed by atoms with Crippen LogP contribution < -0.4 is 5.32 Å². The summed E-state index contributed by atoms with van der Waals surface area (Å²) in [6.45, 7) is 6.83. The molecule has 0 radical (unpaired) electrons. The molecule has 1 heterocycles. The van der Waals surface area contributed by atoms with Gasteiger partial charge in [-0.3, -0.25) is 4.79 Å². The zero-order valence-corrected chi connectivity index (χ0v) is 12.9. The van der Waals surface area contributed by atoms with E-state index in [1.807, 2.05) is 13.0 Å². The van der Waals surface area contributed by atoms with E-state index in [1.54, 1.807) is 12.1 Å². The number of halogens is 1. The molecule has 1 aromatic carbocycles. The first-order valence-corrected chi connectivity index (χ1v) is 7.41. The minimum atomic E-state index is -0.151. The smallest absolute Gasteiger partial charge is 0.287 e. The molecule has 1 N–H and O–H groups in total. The third-order valence-electron chi connectivity index (χ3n) is 3.81. The Bertz CT molecular complexity index is 614. The van der Waals surface area contributed by atoms with Gasteiger partial charge in [-0.2, -0.15) is 0 Å². The zero-order chi connectivity index (χ0) is 14.7. The Hall–Kier alpha value is -1.48. The third kappa shape index (κ3) is 2.98. The van der Waals surface area contributed by atoms with Crippen LogP contribution in [-0.4, -0.2) is 12.5 Å². The van der Waals surface area contributed by atoms with E-state index in [4.69, 9.17) is 16.0 Å². The first-order valence-electron chi connectivity index (χ1n) is 7.03. The molecule has 108 valence electrons. The number of nitrogens with one attached hydrogen (secondary N) is 1. The second kappa shape index (κ2) is 6.31. The third-order valence-corrected chi connectivity index (χ3v) is 4.05. The molecule has 0 fully saturated rings. The summed E-state index contributed by atoms with van der Waals surface area (Å²) in [6, 6.07) is 5.38. The number of carbonyl (C=O) groups is 1. The van der Waals surface area contributed by atoms with E-state index in [0.717, 1.165) is 23.8 Å². The molecular formula is C16H20ClNO2. The van der Waals surface area contributed by atoms with Crippen molar-refractivity contribution in [2.45, 2.75) is 33.6 Å². The summed E-state index contributed by atoms with van der Waals surface area (Å²) in [5.74, 6) is 0.744. The first kappa shape index (κ1) is 14.9. The molecule has 2 rings (SSSR count). The molecule has 0 aliphatic heterocycles. The summed E-state index contributed by atoms with van der Waals surface area (Å²) < 4.78 is 5.64. The fourth-order valence-electron chi connectivity index (χ4n) is 2.30. The standard InChI is InChI=1S/C16H20ClNO2/c1-4-11(5-2)9-18-16(19)15-10(3)13-8-12(17)6-7-14(13)20-15/h6-8,11H,4-5,9H2,1-3H3,(H,18,19). The summed E-state index contributed by atoms with van der Waals surface area (Å²) >= 11 is 5.98. The Labute approximate surface area is 124 Å². The van der Waals surface area contributed by atoms with Crippen LogP contribution in [0.5, 0.6) is 0 Å². The fraction of sp³-hybridized carbons (Fsp3) is 0.438. The van der Waals surface area contributed by atoms with Crippen LogP contribution in [0.25, 0.3) is 11.0 Å². The quantitative estimate of drug-likeness (QED) is 0.878. The Kier molecular flexibility index (Phi) is 4.71. The lowest BCUT2D eigenvalue weighted by atomic mass is 10.0. The number of furan rings is 1. The van der Waals surface area contributed by atoms with Crippen LogP contribution in [0.4, 0.5) is 0 Å². The summed E-state index contributed by atoms with van der Waals surface area (Å²) in [7, 11) is 0. The number of aryl methyl sites for hydroxylation is 1. The lowest BCUT2D eigenvalue weighted by molar-refractivity contribution is 0.0920. The van der Waals surface area contributed by atoms with Gasteiger partial charge >= 0.3 is 0 Å². The van der Waals surface area contributed by atoms with Crippen molar-refractivity contribution in [3.8, 4) is 0 Å². The molecule has 0 bridgehead atoms. The maximum absolute atomic E-state index is 12.2. The van der Waals surface area contributed by atoms with E-state index >= 15 is 0 Å². The van der Waals surface area contributed by atoms with Crippen LogP contribution in [-0.2, 0) is 0 Å². The number of benzene rings is 1. The molecule has 2 aromatic rings. The maximum atomic E-state index is 12.2. The number of amides is 1. The van der Waals surface area contributed by atoms with Gasteiger partial charge in [-0.1, -0.05) is 38.3 Å². The van der Waals surface area contributed by atoms with E-state index in [-0.39, 0.29) is 5.91 Å². The molecule has 4 heteroatoms. The van der Waals surface area contributed by atoms with Gasteiger partial charge in [0.05, 0.1) is 0 Å². The van der Waals surface area contributed by atoms with Gasteiger partial charge in [-0.15, -0.1) is 0 Å². The molecule has 0 spiro atoms. The molecule has 0 saturated carbocycles. The van der Waals surface area contributed by atoms with Crippen molar-refractivity contribution in [3.05, 3.63) is 34.5 Å². The number of fused-ring (bicyclic) bond motifs is 1. The molecule has 1 amide bonds. The van der Waals surface area contributed by atoms with Gasteiger partial charge in [0, 0.05) is 22.5 Å². The Balaban J connectivity index is 2.20. The highest BCUT2D eigenvalue weighted by atomic mass is 35.5. The molecular weight excluding hydrogens is 274 g/mol. The van der Waals surface area contributed by atoms with Gasteiger partial charge in [0.1, 0.15) is 5.58 Å². The summed E-state index contributed by atoms with van der Waals surface area (Å²) in [5, 5.41) is 4.49. The highest BCUT2D eigenvalue weighted by Crippen LogP contribution is 2.27. The largest absolute Gasteiger partial charge is 0.451 e. The van der Waals surface area contributed by atoms with Gasteiger partial charge in [-0.25, -0.2) is 0 Å². The van der Waals surface area contributed by atoms with E-state index in [0.29, 0.717) is 28.8 Å². The van der Waals surface area contributed by atoms with Crippen LogP contribution >= 0.6 is 11.6 Å². The molecule has 0 saturated heterocycles. The van der Waals surface area contributed by atoms with Crippen LogP contribution in [0.15, 0.2) is 22.6 Å². The summed E-state index contributed by atoms with van der Waals surface area (Å²) in [4.78, 5) is 12.2. The van der Waals surface area contributed by atoms with E-state index < -0.39 is 0 Å². The first-order chi connectivity index (χ1) is 9.56. The molecule has 0 atom stereocenters. The topological polar surface area (TPSA) is 42.2 Å². The van der Waals surface area contributed by atoms with Crippen LogP contribution in [0.3, 0.4) is 0 Å². The highest BCUT2D eigenvalue weighted by Gasteiger charge is 2.18. The molecule has 20 heavy (non-hydrogen) atoms. The van der Waals surface area contributed by atoms with E-state index in [1.165, 1.54) is 0 Å².